The van der Waals surface area contributed by atoms with Gasteiger partial charge in [0.25, 0.3) is 0 Å². The van der Waals surface area contributed by atoms with Gasteiger partial charge in [-0.3, -0.25) is 4.98 Å². The van der Waals surface area contributed by atoms with Gasteiger partial charge in [0.05, 0.1) is 12.2 Å². The van der Waals surface area contributed by atoms with Crippen molar-refractivity contribution >= 4 is 11.8 Å². The number of imidazole rings is 1. The second-order valence-corrected chi connectivity index (χ2v) is 6.93. The van der Waals surface area contributed by atoms with Crippen LogP contribution in [0.1, 0.15) is 35.6 Å². The van der Waals surface area contributed by atoms with Crippen LogP contribution >= 0.6 is 11.8 Å². The third kappa shape index (κ3) is 3.19. The van der Waals surface area contributed by atoms with Crippen LogP contribution in [-0.4, -0.2) is 24.5 Å². The summed E-state index contributed by atoms with van der Waals surface area (Å²) in [4.78, 5) is 18.3. The van der Waals surface area contributed by atoms with E-state index in [0.29, 0.717) is 0 Å². The molecule has 0 fully saturated rings. The van der Waals surface area contributed by atoms with Gasteiger partial charge in [-0.1, -0.05) is 6.07 Å². The lowest BCUT2D eigenvalue weighted by atomic mass is 9.97. The predicted octanol–water partition coefficient (Wildman–Crippen LogP) is 3.45. The van der Waals surface area contributed by atoms with Gasteiger partial charge in [-0.15, -0.1) is 0 Å². The molecule has 0 N–H and O–H groups in total. The molecule has 3 heterocycles. The van der Waals surface area contributed by atoms with Crippen molar-refractivity contribution in [2.75, 3.05) is 0 Å². The molecule has 0 spiro atoms. The molecule has 0 radical (unpaired) electrons. The maximum atomic E-state index is 4.69. The van der Waals surface area contributed by atoms with Crippen LogP contribution < -0.4 is 0 Å². The normalized spacial score (nSPS) is 13.7. The molecular weight excluding hydrogens is 318 g/mol. The largest absolute Gasteiger partial charge is 0.320 e. The van der Waals surface area contributed by atoms with Crippen molar-refractivity contribution in [3.8, 4) is 0 Å². The van der Waals surface area contributed by atoms with Crippen LogP contribution in [0.4, 0.5) is 0 Å². The highest BCUT2D eigenvalue weighted by atomic mass is 32.2. The number of fused-ring (bicyclic) bond motifs is 1. The molecular formula is C18H19N5S. The van der Waals surface area contributed by atoms with E-state index in [4.69, 9.17) is 4.98 Å². The average molecular weight is 337 g/mol. The van der Waals surface area contributed by atoms with E-state index in [9.17, 15) is 0 Å². The van der Waals surface area contributed by atoms with Crippen molar-refractivity contribution in [1.29, 1.82) is 0 Å². The molecule has 24 heavy (non-hydrogen) atoms. The van der Waals surface area contributed by atoms with E-state index in [2.05, 4.69) is 19.5 Å². The van der Waals surface area contributed by atoms with Gasteiger partial charge in [0.15, 0.2) is 5.16 Å². The lowest BCUT2D eigenvalue weighted by molar-refractivity contribution is 0.638. The molecule has 5 nitrogen and oxygen atoms in total. The van der Waals surface area contributed by atoms with Gasteiger partial charge in [-0.2, -0.15) is 0 Å². The first-order valence-corrected chi connectivity index (χ1v) is 9.06. The molecule has 3 aromatic rings. The molecule has 122 valence electrons. The van der Waals surface area contributed by atoms with E-state index in [-0.39, 0.29) is 0 Å². The summed E-state index contributed by atoms with van der Waals surface area (Å²) in [7, 11) is 0. The monoisotopic (exact) mass is 337 g/mol. The molecule has 0 saturated heterocycles. The molecule has 0 saturated carbocycles. The van der Waals surface area contributed by atoms with Gasteiger partial charge in [0.1, 0.15) is 10.9 Å². The molecule has 3 aromatic heterocycles. The molecule has 0 aromatic carbocycles. The smallest absolute Gasteiger partial charge is 0.174 e. The minimum atomic E-state index is 0.718. The summed E-state index contributed by atoms with van der Waals surface area (Å²) in [6.07, 6.45) is 10.2. The van der Waals surface area contributed by atoms with Gasteiger partial charge < -0.3 is 4.57 Å². The molecule has 0 aliphatic heterocycles. The highest BCUT2D eigenvalue weighted by molar-refractivity contribution is 7.99. The fourth-order valence-corrected chi connectivity index (χ4v) is 4.09. The fraction of sp³-hybridized carbons (Fsp3) is 0.333. The van der Waals surface area contributed by atoms with Crippen LogP contribution in [0.3, 0.4) is 0 Å². The number of hydrogen-bond acceptors (Lipinski definition) is 5. The van der Waals surface area contributed by atoms with Crippen LogP contribution in [0.15, 0.2) is 47.0 Å². The first-order valence-electron chi connectivity index (χ1n) is 8.25. The Morgan fingerprint density at radius 1 is 1.08 bits per heavy atom. The SMILES string of the molecule is Cc1nc2c(c(Sc3nccn3Cc3ccccn3)n1)CCCC2. The van der Waals surface area contributed by atoms with Crippen LogP contribution in [0.5, 0.6) is 0 Å². The zero-order chi connectivity index (χ0) is 16.4. The first kappa shape index (κ1) is 15.3. The summed E-state index contributed by atoms with van der Waals surface area (Å²) in [5, 5.41) is 2.01. The van der Waals surface area contributed by atoms with Crippen molar-refractivity contribution in [3.63, 3.8) is 0 Å². The van der Waals surface area contributed by atoms with Crippen LogP contribution in [-0.2, 0) is 19.4 Å². The van der Waals surface area contributed by atoms with Crippen molar-refractivity contribution < 1.29 is 0 Å². The number of aryl methyl sites for hydroxylation is 2. The molecule has 0 amide bonds. The van der Waals surface area contributed by atoms with Gasteiger partial charge in [-0.05, 0) is 56.5 Å². The van der Waals surface area contributed by atoms with E-state index in [0.717, 1.165) is 41.1 Å². The third-order valence-corrected chi connectivity index (χ3v) is 5.23. The summed E-state index contributed by atoms with van der Waals surface area (Å²) in [6, 6.07) is 5.98. The highest BCUT2D eigenvalue weighted by Gasteiger charge is 2.19. The van der Waals surface area contributed by atoms with Crippen molar-refractivity contribution in [2.24, 2.45) is 0 Å². The van der Waals surface area contributed by atoms with Gasteiger partial charge in [0, 0.05) is 29.8 Å². The molecule has 1 aliphatic carbocycles. The van der Waals surface area contributed by atoms with Crippen LogP contribution in [0, 0.1) is 6.92 Å². The summed E-state index contributed by atoms with van der Waals surface area (Å²) in [5.74, 6) is 0.848. The second-order valence-electron chi connectivity index (χ2n) is 5.97. The van der Waals surface area contributed by atoms with E-state index in [1.807, 2.05) is 43.7 Å². The lowest BCUT2D eigenvalue weighted by Crippen LogP contribution is -2.10. The van der Waals surface area contributed by atoms with Crippen molar-refractivity contribution in [2.45, 2.75) is 49.3 Å². The van der Waals surface area contributed by atoms with Gasteiger partial charge in [-0.25, -0.2) is 15.0 Å². The van der Waals surface area contributed by atoms with E-state index in [1.54, 1.807) is 11.8 Å². The topological polar surface area (TPSA) is 56.5 Å². The highest BCUT2D eigenvalue weighted by Crippen LogP contribution is 2.32. The quantitative estimate of drug-likeness (QED) is 0.683. The fourth-order valence-electron chi connectivity index (χ4n) is 3.04. The predicted molar refractivity (Wildman–Crippen MR) is 93.1 cm³/mol. The summed E-state index contributed by atoms with van der Waals surface area (Å²) in [5.41, 5.74) is 3.56. The molecule has 1 aliphatic rings. The zero-order valence-electron chi connectivity index (χ0n) is 13.6. The summed E-state index contributed by atoms with van der Waals surface area (Å²) >= 11 is 1.64. The number of nitrogens with zero attached hydrogens (tertiary/aromatic N) is 5. The number of hydrogen-bond donors (Lipinski definition) is 0. The van der Waals surface area contributed by atoms with Gasteiger partial charge >= 0.3 is 0 Å². The molecule has 0 unspecified atom stereocenters. The molecule has 0 atom stereocenters. The Morgan fingerprint density at radius 2 is 2.00 bits per heavy atom. The number of pyridine rings is 1. The Labute approximate surface area is 145 Å². The molecule has 0 bridgehead atoms. The maximum Gasteiger partial charge on any atom is 0.174 e. The van der Waals surface area contributed by atoms with E-state index >= 15 is 0 Å². The summed E-state index contributed by atoms with van der Waals surface area (Å²) in [6.45, 7) is 2.69. The first-order chi connectivity index (χ1) is 11.8. The average Bonchev–Trinajstić information content (AvgIpc) is 3.02. The standard InChI is InChI=1S/C18H19N5S/c1-13-21-16-8-3-2-7-15(16)17(22-13)24-18-20-10-11-23(18)12-14-6-4-5-9-19-14/h4-6,9-11H,2-3,7-8,12H2,1H3. The Morgan fingerprint density at radius 3 is 2.88 bits per heavy atom. The van der Waals surface area contributed by atoms with Gasteiger partial charge in [0.2, 0.25) is 0 Å². The Kier molecular flexibility index (Phi) is 4.30. The van der Waals surface area contributed by atoms with Crippen LogP contribution in [0.25, 0.3) is 0 Å². The lowest BCUT2D eigenvalue weighted by Gasteiger charge is -2.18. The third-order valence-electron chi connectivity index (χ3n) is 4.18. The minimum absolute atomic E-state index is 0.718. The molecule has 4 rings (SSSR count). The Balaban J connectivity index is 1.63. The van der Waals surface area contributed by atoms with E-state index < -0.39 is 0 Å². The Bertz CT molecular complexity index is 844. The van der Waals surface area contributed by atoms with Crippen LogP contribution in [0.2, 0.25) is 0 Å². The Hall–Kier alpha value is -2.21. The summed E-state index contributed by atoms with van der Waals surface area (Å²) < 4.78 is 2.12. The van der Waals surface area contributed by atoms with Crippen molar-refractivity contribution in [3.05, 3.63) is 59.6 Å². The van der Waals surface area contributed by atoms with Crippen molar-refractivity contribution in [1.82, 2.24) is 24.5 Å². The maximum absolute atomic E-state index is 4.69. The number of rotatable bonds is 4. The minimum Gasteiger partial charge on any atom is -0.320 e. The zero-order valence-corrected chi connectivity index (χ0v) is 14.5. The van der Waals surface area contributed by atoms with E-state index in [1.165, 1.54) is 24.1 Å². The molecule has 6 heteroatoms. The number of aromatic nitrogens is 5. The second kappa shape index (κ2) is 6.73.